The molecule has 0 N–H and O–H groups in total. The molecule has 0 aromatic heterocycles. The topological polar surface area (TPSA) is 55.8 Å². The highest BCUT2D eigenvalue weighted by Crippen LogP contribution is 2.16. The highest BCUT2D eigenvalue weighted by atomic mass is 16.6. The van der Waals surface area contributed by atoms with Gasteiger partial charge in [0.25, 0.3) is 0 Å². The Labute approximate surface area is 98.9 Å². The first-order chi connectivity index (χ1) is 8.22. The molecule has 1 heterocycles. The molecular formula is C12H13NO4. The third-order valence-corrected chi connectivity index (χ3v) is 2.59. The number of carbonyl (C=O) groups excluding carboxylic acids is 2. The smallest absolute Gasteiger partial charge is 0.410 e. The Bertz CT molecular complexity index is 415. The highest BCUT2D eigenvalue weighted by Gasteiger charge is 2.30. The first-order valence-corrected chi connectivity index (χ1v) is 5.26. The SMILES string of the molecule is COc1ccc(CN2CC(C=O)OC2=O)cc1. The van der Waals surface area contributed by atoms with Gasteiger partial charge in [0.15, 0.2) is 12.4 Å². The van der Waals surface area contributed by atoms with Gasteiger partial charge in [-0.2, -0.15) is 0 Å². The number of nitrogens with zero attached hydrogens (tertiary/aromatic N) is 1. The van der Waals surface area contributed by atoms with E-state index < -0.39 is 12.2 Å². The summed E-state index contributed by atoms with van der Waals surface area (Å²) in [7, 11) is 1.60. The molecule has 90 valence electrons. The van der Waals surface area contributed by atoms with E-state index in [1.165, 1.54) is 4.90 Å². The van der Waals surface area contributed by atoms with Crippen molar-refractivity contribution in [2.24, 2.45) is 0 Å². The van der Waals surface area contributed by atoms with Gasteiger partial charge in [-0.1, -0.05) is 12.1 Å². The van der Waals surface area contributed by atoms with Crippen LogP contribution >= 0.6 is 0 Å². The second-order valence-corrected chi connectivity index (χ2v) is 3.79. The fourth-order valence-corrected chi connectivity index (χ4v) is 1.68. The molecule has 1 aromatic rings. The van der Waals surface area contributed by atoms with E-state index in [9.17, 15) is 9.59 Å². The van der Waals surface area contributed by atoms with Gasteiger partial charge in [0.2, 0.25) is 0 Å². The Hall–Kier alpha value is -2.04. The van der Waals surface area contributed by atoms with Crippen LogP contribution in [0.5, 0.6) is 5.75 Å². The Balaban J connectivity index is 2.00. The highest BCUT2D eigenvalue weighted by molar-refractivity contribution is 5.75. The van der Waals surface area contributed by atoms with Crippen molar-refractivity contribution in [1.29, 1.82) is 0 Å². The van der Waals surface area contributed by atoms with Crippen LogP contribution in [-0.2, 0) is 16.1 Å². The van der Waals surface area contributed by atoms with Crippen LogP contribution in [-0.4, -0.2) is 37.0 Å². The van der Waals surface area contributed by atoms with Crippen molar-refractivity contribution in [2.45, 2.75) is 12.6 Å². The molecule has 17 heavy (non-hydrogen) atoms. The van der Waals surface area contributed by atoms with Crippen LogP contribution in [0.15, 0.2) is 24.3 Å². The Kier molecular flexibility index (Phi) is 3.27. The third-order valence-electron chi connectivity index (χ3n) is 2.59. The van der Waals surface area contributed by atoms with Crippen molar-refractivity contribution in [3.63, 3.8) is 0 Å². The van der Waals surface area contributed by atoms with Crippen LogP contribution in [0.1, 0.15) is 5.56 Å². The van der Waals surface area contributed by atoms with Crippen LogP contribution in [0.3, 0.4) is 0 Å². The van der Waals surface area contributed by atoms with Gasteiger partial charge in [0.05, 0.1) is 13.7 Å². The van der Waals surface area contributed by atoms with Gasteiger partial charge in [-0.25, -0.2) is 4.79 Å². The van der Waals surface area contributed by atoms with Crippen molar-refractivity contribution in [1.82, 2.24) is 4.90 Å². The number of cyclic esters (lactones) is 1. The zero-order valence-electron chi connectivity index (χ0n) is 9.46. The molecule has 5 nitrogen and oxygen atoms in total. The summed E-state index contributed by atoms with van der Waals surface area (Å²) in [4.78, 5) is 23.4. The summed E-state index contributed by atoms with van der Waals surface area (Å²) in [5.74, 6) is 0.767. The van der Waals surface area contributed by atoms with Gasteiger partial charge in [-0.05, 0) is 17.7 Å². The third kappa shape index (κ3) is 2.55. The average molecular weight is 235 g/mol. The lowest BCUT2D eigenvalue weighted by molar-refractivity contribution is -0.113. The fourth-order valence-electron chi connectivity index (χ4n) is 1.68. The van der Waals surface area contributed by atoms with Crippen LogP contribution in [0.4, 0.5) is 4.79 Å². The predicted molar refractivity (Wildman–Crippen MR) is 59.7 cm³/mol. The number of ether oxygens (including phenoxy) is 2. The van der Waals surface area contributed by atoms with Crippen molar-refractivity contribution in [2.75, 3.05) is 13.7 Å². The van der Waals surface area contributed by atoms with Crippen LogP contribution in [0.25, 0.3) is 0 Å². The first kappa shape index (κ1) is 11.4. The first-order valence-electron chi connectivity index (χ1n) is 5.26. The van der Waals surface area contributed by atoms with Crippen molar-refractivity contribution >= 4 is 12.4 Å². The van der Waals surface area contributed by atoms with Gasteiger partial charge in [-0.3, -0.25) is 9.69 Å². The number of hydrogen-bond acceptors (Lipinski definition) is 4. The molecule has 1 aliphatic rings. The van der Waals surface area contributed by atoms with E-state index in [2.05, 4.69) is 0 Å². The van der Waals surface area contributed by atoms with Gasteiger partial charge >= 0.3 is 6.09 Å². The number of benzene rings is 1. The average Bonchev–Trinajstić information content (AvgIpc) is 2.71. The summed E-state index contributed by atoms with van der Waals surface area (Å²) in [6, 6.07) is 7.41. The van der Waals surface area contributed by atoms with E-state index in [1.54, 1.807) is 7.11 Å². The maximum Gasteiger partial charge on any atom is 0.410 e. The molecule has 5 heteroatoms. The standard InChI is InChI=1S/C12H13NO4/c1-16-10-4-2-9(3-5-10)6-13-7-11(8-14)17-12(13)15/h2-5,8,11H,6-7H2,1H3. The van der Waals surface area contributed by atoms with Crippen molar-refractivity contribution in [3.8, 4) is 5.75 Å². The van der Waals surface area contributed by atoms with E-state index in [0.29, 0.717) is 19.4 Å². The van der Waals surface area contributed by atoms with E-state index in [4.69, 9.17) is 9.47 Å². The molecule has 1 saturated heterocycles. The van der Waals surface area contributed by atoms with Crippen LogP contribution < -0.4 is 4.74 Å². The minimum atomic E-state index is -0.638. The Morgan fingerprint density at radius 1 is 1.47 bits per heavy atom. The molecule has 1 amide bonds. The fraction of sp³-hybridized carbons (Fsp3) is 0.333. The van der Waals surface area contributed by atoms with Crippen molar-refractivity contribution < 1.29 is 19.1 Å². The van der Waals surface area contributed by atoms with Gasteiger partial charge in [0.1, 0.15) is 5.75 Å². The maximum absolute atomic E-state index is 11.4. The number of amides is 1. The van der Waals surface area contributed by atoms with Crippen LogP contribution in [0.2, 0.25) is 0 Å². The number of carbonyl (C=O) groups is 2. The number of methoxy groups -OCH3 is 1. The minimum Gasteiger partial charge on any atom is -0.497 e. The zero-order chi connectivity index (χ0) is 12.3. The summed E-state index contributed by atoms with van der Waals surface area (Å²) in [5, 5.41) is 0. The summed E-state index contributed by atoms with van der Waals surface area (Å²) >= 11 is 0. The zero-order valence-corrected chi connectivity index (χ0v) is 9.46. The molecule has 1 aromatic carbocycles. The lowest BCUT2D eigenvalue weighted by atomic mass is 10.2. The lowest BCUT2D eigenvalue weighted by Crippen LogP contribution is -2.24. The molecule has 0 spiro atoms. The molecule has 1 atom stereocenters. The van der Waals surface area contributed by atoms with Gasteiger partial charge in [-0.15, -0.1) is 0 Å². The Morgan fingerprint density at radius 3 is 2.71 bits per heavy atom. The number of aldehydes is 1. The second kappa shape index (κ2) is 4.86. The molecule has 1 unspecified atom stereocenters. The summed E-state index contributed by atoms with van der Waals surface area (Å²) in [5.41, 5.74) is 0.967. The van der Waals surface area contributed by atoms with Gasteiger partial charge in [0, 0.05) is 6.54 Å². The van der Waals surface area contributed by atoms with Crippen LogP contribution in [0, 0.1) is 0 Å². The molecule has 0 aliphatic carbocycles. The van der Waals surface area contributed by atoms with E-state index in [-0.39, 0.29) is 0 Å². The molecule has 1 aliphatic heterocycles. The van der Waals surface area contributed by atoms with E-state index in [0.717, 1.165) is 11.3 Å². The molecule has 1 fully saturated rings. The summed E-state index contributed by atoms with van der Waals surface area (Å²) < 4.78 is 9.88. The molecule has 0 saturated carbocycles. The van der Waals surface area contributed by atoms with Gasteiger partial charge < -0.3 is 9.47 Å². The normalized spacial score (nSPS) is 19.0. The minimum absolute atomic E-state index is 0.314. The molecule has 0 radical (unpaired) electrons. The molecular weight excluding hydrogens is 222 g/mol. The Morgan fingerprint density at radius 2 is 2.18 bits per heavy atom. The number of rotatable bonds is 4. The van der Waals surface area contributed by atoms with Crippen molar-refractivity contribution in [3.05, 3.63) is 29.8 Å². The van der Waals surface area contributed by atoms with E-state index in [1.807, 2.05) is 24.3 Å². The maximum atomic E-state index is 11.4. The molecule has 0 bridgehead atoms. The lowest BCUT2D eigenvalue weighted by Gasteiger charge is -2.12. The second-order valence-electron chi connectivity index (χ2n) is 3.79. The quantitative estimate of drug-likeness (QED) is 0.736. The summed E-state index contributed by atoms with van der Waals surface area (Å²) in [6.07, 6.45) is -0.440. The predicted octanol–water partition coefficient (Wildman–Crippen LogP) is 1.21. The molecule has 2 rings (SSSR count). The largest absolute Gasteiger partial charge is 0.497 e. The van der Waals surface area contributed by atoms with E-state index >= 15 is 0 Å². The number of hydrogen-bond donors (Lipinski definition) is 0. The summed E-state index contributed by atoms with van der Waals surface area (Å²) in [6.45, 7) is 0.752. The monoisotopic (exact) mass is 235 g/mol.